The zero-order valence-corrected chi connectivity index (χ0v) is 12.0. The summed E-state index contributed by atoms with van der Waals surface area (Å²) in [5, 5.41) is 0. The number of fused-ring (bicyclic) bond motifs is 1. The fourth-order valence-electron chi connectivity index (χ4n) is 2.47. The number of carbonyl (C=O) groups is 1. The molecule has 5 nitrogen and oxygen atoms in total. The van der Waals surface area contributed by atoms with E-state index >= 15 is 0 Å². The van der Waals surface area contributed by atoms with Crippen molar-refractivity contribution in [3.8, 4) is 0 Å². The van der Waals surface area contributed by atoms with E-state index < -0.39 is 5.60 Å². The van der Waals surface area contributed by atoms with Crippen LogP contribution in [-0.2, 0) is 4.74 Å². The first-order chi connectivity index (χ1) is 8.99. The molecule has 1 aromatic carbocycles. The number of hydrogen-bond acceptors (Lipinski definition) is 3. The van der Waals surface area contributed by atoms with Crippen molar-refractivity contribution in [3.63, 3.8) is 0 Å². The van der Waals surface area contributed by atoms with Crippen molar-refractivity contribution in [2.24, 2.45) is 0 Å². The molecule has 1 atom stereocenters. The van der Waals surface area contributed by atoms with E-state index in [0.29, 0.717) is 27.7 Å². The maximum Gasteiger partial charge on any atom is 0.323 e. The average Bonchev–Trinajstić information content (AvgIpc) is 2.93. The summed E-state index contributed by atoms with van der Waals surface area (Å²) in [7, 11) is 0. The topological polar surface area (TPSA) is 75.0 Å². The smallest absolute Gasteiger partial charge is 0.323 e. The molecule has 3 rings (SSSR count). The number of nitrogens with one attached hydrogen (secondary N) is 2. The lowest BCUT2D eigenvalue weighted by Crippen LogP contribution is -2.34. The van der Waals surface area contributed by atoms with E-state index in [-0.39, 0.29) is 11.5 Å². The SMILES string of the molecule is CC1(C(=O)c2cc3[nH]c(=O)[nH]c3cc2Br)CCCO1. The van der Waals surface area contributed by atoms with Crippen molar-refractivity contribution < 1.29 is 9.53 Å². The van der Waals surface area contributed by atoms with E-state index in [1.54, 1.807) is 12.1 Å². The van der Waals surface area contributed by atoms with Gasteiger partial charge in [-0.2, -0.15) is 0 Å². The molecule has 0 bridgehead atoms. The number of carbonyl (C=O) groups excluding carboxylic acids is 1. The Labute approximate surface area is 117 Å². The highest BCUT2D eigenvalue weighted by atomic mass is 79.9. The summed E-state index contributed by atoms with van der Waals surface area (Å²) in [4.78, 5) is 29.2. The molecule has 0 spiro atoms. The van der Waals surface area contributed by atoms with Gasteiger partial charge in [0, 0.05) is 16.6 Å². The average molecular weight is 325 g/mol. The van der Waals surface area contributed by atoms with Gasteiger partial charge < -0.3 is 14.7 Å². The monoisotopic (exact) mass is 324 g/mol. The molecule has 100 valence electrons. The first-order valence-electron chi connectivity index (χ1n) is 6.10. The molecular weight excluding hydrogens is 312 g/mol. The summed E-state index contributed by atoms with van der Waals surface area (Å²) in [5.74, 6) is -0.0548. The Bertz CT molecular complexity index is 710. The first-order valence-corrected chi connectivity index (χ1v) is 6.89. The zero-order valence-electron chi connectivity index (χ0n) is 10.4. The van der Waals surface area contributed by atoms with E-state index in [4.69, 9.17) is 4.74 Å². The quantitative estimate of drug-likeness (QED) is 0.833. The number of ether oxygens (including phenoxy) is 1. The molecule has 0 aliphatic carbocycles. The highest BCUT2D eigenvalue weighted by Gasteiger charge is 2.39. The summed E-state index contributed by atoms with van der Waals surface area (Å²) < 4.78 is 6.24. The van der Waals surface area contributed by atoms with Crippen LogP contribution in [0.4, 0.5) is 0 Å². The van der Waals surface area contributed by atoms with E-state index in [1.807, 2.05) is 6.92 Å². The standard InChI is InChI=1S/C13H13BrN2O3/c1-13(3-2-4-19-13)11(17)7-5-9-10(6-8(7)14)16-12(18)15-9/h5-6H,2-4H2,1H3,(H2,15,16,18). The molecule has 1 saturated heterocycles. The lowest BCUT2D eigenvalue weighted by Gasteiger charge is -2.22. The molecule has 1 aliphatic heterocycles. The van der Waals surface area contributed by atoms with Gasteiger partial charge in [0.15, 0.2) is 5.78 Å². The number of Topliss-reactive ketones (excluding diaryl/α,β-unsaturated/α-hetero) is 1. The summed E-state index contributed by atoms with van der Waals surface area (Å²) >= 11 is 3.39. The van der Waals surface area contributed by atoms with Crippen LogP contribution < -0.4 is 5.69 Å². The van der Waals surface area contributed by atoms with E-state index in [0.717, 1.165) is 12.8 Å². The lowest BCUT2D eigenvalue weighted by atomic mass is 9.92. The van der Waals surface area contributed by atoms with Crippen molar-refractivity contribution in [3.05, 3.63) is 32.7 Å². The van der Waals surface area contributed by atoms with Crippen LogP contribution in [0.3, 0.4) is 0 Å². The van der Waals surface area contributed by atoms with E-state index in [9.17, 15) is 9.59 Å². The van der Waals surface area contributed by atoms with Crippen molar-refractivity contribution in [1.82, 2.24) is 9.97 Å². The van der Waals surface area contributed by atoms with Crippen LogP contribution in [0.25, 0.3) is 11.0 Å². The Kier molecular flexibility index (Phi) is 2.87. The zero-order chi connectivity index (χ0) is 13.6. The van der Waals surface area contributed by atoms with Crippen LogP contribution in [0.15, 0.2) is 21.4 Å². The predicted molar refractivity (Wildman–Crippen MR) is 74.5 cm³/mol. The van der Waals surface area contributed by atoms with Gasteiger partial charge in [0.1, 0.15) is 5.60 Å². The minimum absolute atomic E-state index is 0.0548. The molecule has 0 amide bonds. The van der Waals surface area contributed by atoms with Gasteiger partial charge in [0.05, 0.1) is 11.0 Å². The second-order valence-corrected chi connectivity index (χ2v) is 5.82. The van der Waals surface area contributed by atoms with Crippen molar-refractivity contribution >= 4 is 32.7 Å². The Morgan fingerprint density at radius 1 is 1.37 bits per heavy atom. The number of ketones is 1. The first kappa shape index (κ1) is 12.6. The lowest BCUT2D eigenvalue weighted by molar-refractivity contribution is 0.0213. The van der Waals surface area contributed by atoms with Crippen molar-refractivity contribution in [2.75, 3.05) is 6.61 Å². The molecule has 19 heavy (non-hydrogen) atoms. The van der Waals surface area contributed by atoms with Gasteiger partial charge in [0.25, 0.3) is 0 Å². The number of aromatic amines is 2. The summed E-state index contributed by atoms with van der Waals surface area (Å²) in [6.07, 6.45) is 1.61. The third kappa shape index (κ3) is 2.04. The molecular formula is C13H13BrN2O3. The normalized spacial score (nSPS) is 23.1. The highest BCUT2D eigenvalue weighted by Crippen LogP contribution is 2.32. The van der Waals surface area contributed by atoms with Gasteiger partial charge in [0.2, 0.25) is 0 Å². The van der Waals surface area contributed by atoms with Crippen LogP contribution in [0.1, 0.15) is 30.1 Å². The largest absolute Gasteiger partial charge is 0.367 e. The number of aromatic nitrogens is 2. The Morgan fingerprint density at radius 2 is 2.05 bits per heavy atom. The molecule has 0 saturated carbocycles. The molecule has 1 unspecified atom stereocenters. The number of benzene rings is 1. The predicted octanol–water partition coefficient (Wildman–Crippen LogP) is 2.37. The number of halogens is 1. The molecule has 0 radical (unpaired) electrons. The van der Waals surface area contributed by atoms with Crippen LogP contribution in [-0.4, -0.2) is 28.0 Å². The van der Waals surface area contributed by atoms with Crippen LogP contribution in [0, 0.1) is 0 Å². The fourth-order valence-corrected chi connectivity index (χ4v) is 3.00. The molecule has 1 aromatic heterocycles. The maximum absolute atomic E-state index is 12.6. The third-order valence-corrected chi connectivity index (χ3v) is 4.20. The van der Waals surface area contributed by atoms with E-state index in [1.165, 1.54) is 0 Å². The number of hydrogen-bond donors (Lipinski definition) is 2. The summed E-state index contributed by atoms with van der Waals surface area (Å²) in [6.45, 7) is 2.43. The molecule has 2 N–H and O–H groups in total. The minimum atomic E-state index is -0.757. The van der Waals surface area contributed by atoms with Gasteiger partial charge in [-0.1, -0.05) is 0 Å². The fraction of sp³-hybridized carbons (Fsp3) is 0.385. The summed E-state index contributed by atoms with van der Waals surface area (Å²) in [5.41, 5.74) is 0.790. The molecule has 2 aromatic rings. The molecule has 2 heterocycles. The molecule has 1 aliphatic rings. The highest BCUT2D eigenvalue weighted by molar-refractivity contribution is 9.10. The van der Waals surface area contributed by atoms with Crippen molar-refractivity contribution in [1.29, 1.82) is 0 Å². The maximum atomic E-state index is 12.6. The molecule has 6 heteroatoms. The summed E-state index contributed by atoms with van der Waals surface area (Å²) in [6, 6.07) is 3.42. The second-order valence-electron chi connectivity index (χ2n) is 4.97. The second kappa shape index (κ2) is 4.31. The van der Waals surface area contributed by atoms with Crippen LogP contribution in [0.5, 0.6) is 0 Å². The third-order valence-electron chi connectivity index (χ3n) is 3.55. The van der Waals surface area contributed by atoms with Gasteiger partial charge >= 0.3 is 5.69 Å². The Balaban J connectivity index is 2.11. The minimum Gasteiger partial charge on any atom is -0.367 e. The van der Waals surface area contributed by atoms with Crippen LogP contribution in [0.2, 0.25) is 0 Å². The Morgan fingerprint density at radius 3 is 2.68 bits per heavy atom. The number of H-pyrrole nitrogens is 2. The van der Waals surface area contributed by atoms with Gasteiger partial charge in [-0.3, -0.25) is 4.79 Å². The number of imidazole rings is 1. The van der Waals surface area contributed by atoms with Crippen molar-refractivity contribution in [2.45, 2.75) is 25.4 Å². The van der Waals surface area contributed by atoms with E-state index in [2.05, 4.69) is 25.9 Å². The molecule has 1 fully saturated rings. The van der Waals surface area contributed by atoms with Crippen LogP contribution >= 0.6 is 15.9 Å². The van der Waals surface area contributed by atoms with Gasteiger partial charge in [-0.15, -0.1) is 0 Å². The van der Waals surface area contributed by atoms with Gasteiger partial charge in [-0.25, -0.2) is 4.79 Å². The number of rotatable bonds is 2. The Hall–Kier alpha value is -1.40. The van der Waals surface area contributed by atoms with Gasteiger partial charge in [-0.05, 0) is 47.8 Å².